The molecule has 6 heteroatoms. The molecule has 4 nitrogen and oxygen atoms in total. The number of aromatic nitrogens is 1. The first kappa shape index (κ1) is 13.1. The van der Waals surface area contributed by atoms with Crippen LogP contribution >= 0.6 is 23.2 Å². The van der Waals surface area contributed by atoms with Crippen LogP contribution in [0.15, 0.2) is 45.6 Å². The van der Waals surface area contributed by atoms with Crippen LogP contribution in [-0.2, 0) is 6.54 Å². The molecular weight excluding hydrogens is 299 g/mol. The van der Waals surface area contributed by atoms with Gasteiger partial charge in [-0.05, 0) is 42.0 Å². The Kier molecular flexibility index (Phi) is 3.42. The summed E-state index contributed by atoms with van der Waals surface area (Å²) in [5.74, 6) is -0.459. The van der Waals surface area contributed by atoms with Gasteiger partial charge in [0.15, 0.2) is 5.58 Å². The second-order valence-corrected chi connectivity index (χ2v) is 5.23. The molecule has 0 aliphatic carbocycles. The zero-order valence-corrected chi connectivity index (χ0v) is 11.8. The molecule has 0 radical (unpaired) electrons. The topological polar surface area (TPSA) is 58.0 Å². The lowest BCUT2D eigenvalue weighted by Gasteiger charge is -2.07. The average Bonchev–Trinajstić information content (AvgIpc) is 2.74. The largest absolute Gasteiger partial charge is 0.417 e. The van der Waals surface area contributed by atoms with Crippen LogP contribution in [0.5, 0.6) is 0 Å². The Bertz CT molecular complexity index is 803. The van der Waals surface area contributed by atoms with Crippen LogP contribution in [0.3, 0.4) is 0 Å². The van der Waals surface area contributed by atoms with Gasteiger partial charge in [-0.15, -0.1) is 0 Å². The molecule has 0 aliphatic heterocycles. The van der Waals surface area contributed by atoms with E-state index in [2.05, 4.69) is 10.3 Å². The number of nitrogens with one attached hydrogen (secondary N) is 2. The van der Waals surface area contributed by atoms with Gasteiger partial charge in [-0.3, -0.25) is 4.98 Å². The number of hydrogen-bond donors (Lipinski definition) is 2. The van der Waals surface area contributed by atoms with Gasteiger partial charge in [0.05, 0.1) is 5.52 Å². The Labute approximate surface area is 124 Å². The van der Waals surface area contributed by atoms with E-state index >= 15 is 0 Å². The molecule has 3 rings (SSSR count). The first-order valence-electron chi connectivity index (χ1n) is 5.92. The van der Waals surface area contributed by atoms with E-state index in [1.807, 2.05) is 24.3 Å². The van der Waals surface area contributed by atoms with Gasteiger partial charge in [-0.2, -0.15) is 0 Å². The van der Waals surface area contributed by atoms with Crippen molar-refractivity contribution in [2.75, 3.05) is 5.32 Å². The Balaban J connectivity index is 1.80. The number of rotatable bonds is 3. The Morgan fingerprint density at radius 2 is 1.85 bits per heavy atom. The monoisotopic (exact) mass is 308 g/mol. The fourth-order valence-electron chi connectivity index (χ4n) is 1.98. The highest BCUT2D eigenvalue weighted by atomic mass is 35.5. The summed E-state index contributed by atoms with van der Waals surface area (Å²) in [5, 5.41) is 4.44. The third-order valence-corrected chi connectivity index (χ3v) is 3.27. The molecule has 0 saturated carbocycles. The van der Waals surface area contributed by atoms with Gasteiger partial charge < -0.3 is 9.73 Å². The predicted molar refractivity (Wildman–Crippen MR) is 80.6 cm³/mol. The number of oxazole rings is 1. The summed E-state index contributed by atoms with van der Waals surface area (Å²) in [6.45, 7) is 0.577. The van der Waals surface area contributed by atoms with Gasteiger partial charge >= 0.3 is 5.76 Å². The van der Waals surface area contributed by atoms with Gasteiger partial charge in [-0.25, -0.2) is 4.79 Å². The summed E-state index contributed by atoms with van der Waals surface area (Å²) in [6, 6.07) is 10.8. The van der Waals surface area contributed by atoms with Crippen LogP contribution in [0.25, 0.3) is 11.1 Å². The van der Waals surface area contributed by atoms with E-state index in [0.29, 0.717) is 27.7 Å². The van der Waals surface area contributed by atoms with Crippen LogP contribution in [0, 0.1) is 0 Å². The van der Waals surface area contributed by atoms with Crippen molar-refractivity contribution in [1.29, 1.82) is 0 Å². The Hall–Kier alpha value is -1.91. The van der Waals surface area contributed by atoms with Crippen molar-refractivity contribution in [2.24, 2.45) is 0 Å². The standard InChI is InChI=1S/C14H10Cl2N2O2/c15-9-3-8(4-10(16)5-9)7-17-11-1-2-13-12(6-11)18-14(19)20-13/h1-6,17H,7H2,(H,18,19). The number of halogens is 2. The number of anilines is 1. The molecule has 0 atom stereocenters. The van der Waals surface area contributed by atoms with Crippen molar-refractivity contribution in [2.45, 2.75) is 6.54 Å². The number of benzene rings is 2. The number of fused-ring (bicyclic) bond motifs is 1. The van der Waals surface area contributed by atoms with Crippen molar-refractivity contribution in [3.05, 3.63) is 62.6 Å². The normalized spacial score (nSPS) is 10.9. The van der Waals surface area contributed by atoms with E-state index in [1.165, 1.54) is 0 Å². The quantitative estimate of drug-likeness (QED) is 0.767. The summed E-state index contributed by atoms with van der Waals surface area (Å²) in [5.41, 5.74) is 3.03. The SMILES string of the molecule is O=c1[nH]c2cc(NCc3cc(Cl)cc(Cl)c3)ccc2o1. The van der Waals surface area contributed by atoms with E-state index in [0.717, 1.165) is 11.3 Å². The maximum atomic E-state index is 11.1. The minimum atomic E-state index is -0.459. The highest BCUT2D eigenvalue weighted by molar-refractivity contribution is 6.34. The molecule has 20 heavy (non-hydrogen) atoms. The van der Waals surface area contributed by atoms with E-state index in [-0.39, 0.29) is 0 Å². The molecule has 102 valence electrons. The second-order valence-electron chi connectivity index (χ2n) is 4.36. The van der Waals surface area contributed by atoms with Crippen LogP contribution in [0.4, 0.5) is 5.69 Å². The summed E-state index contributed by atoms with van der Waals surface area (Å²) < 4.78 is 4.94. The van der Waals surface area contributed by atoms with Crippen LogP contribution < -0.4 is 11.1 Å². The van der Waals surface area contributed by atoms with Gasteiger partial charge in [0.2, 0.25) is 0 Å². The lowest BCUT2D eigenvalue weighted by atomic mass is 10.2. The third kappa shape index (κ3) is 2.81. The van der Waals surface area contributed by atoms with Crippen LogP contribution in [0.2, 0.25) is 10.0 Å². The number of aromatic amines is 1. The Morgan fingerprint density at radius 3 is 2.60 bits per heavy atom. The average molecular weight is 309 g/mol. The minimum Gasteiger partial charge on any atom is -0.408 e. The van der Waals surface area contributed by atoms with Crippen LogP contribution in [-0.4, -0.2) is 4.98 Å². The summed E-state index contributed by atoms with van der Waals surface area (Å²) in [7, 11) is 0. The third-order valence-electron chi connectivity index (χ3n) is 2.84. The van der Waals surface area contributed by atoms with E-state index < -0.39 is 5.76 Å². The molecule has 2 N–H and O–H groups in total. The smallest absolute Gasteiger partial charge is 0.408 e. The van der Waals surface area contributed by atoms with Gasteiger partial charge in [0.1, 0.15) is 0 Å². The zero-order chi connectivity index (χ0) is 14.1. The molecule has 0 bridgehead atoms. The molecule has 0 saturated heterocycles. The van der Waals surface area contributed by atoms with Crippen molar-refractivity contribution in [3.63, 3.8) is 0 Å². The molecule has 0 spiro atoms. The highest BCUT2D eigenvalue weighted by Gasteiger charge is 2.03. The molecule has 0 amide bonds. The first-order valence-corrected chi connectivity index (χ1v) is 6.67. The minimum absolute atomic E-state index is 0.459. The van der Waals surface area contributed by atoms with E-state index in [9.17, 15) is 4.79 Å². The fraction of sp³-hybridized carbons (Fsp3) is 0.0714. The van der Waals surface area contributed by atoms with Crippen molar-refractivity contribution in [3.8, 4) is 0 Å². The van der Waals surface area contributed by atoms with Crippen molar-refractivity contribution in [1.82, 2.24) is 4.98 Å². The van der Waals surface area contributed by atoms with Gasteiger partial charge in [-0.1, -0.05) is 23.2 Å². The molecule has 1 heterocycles. The van der Waals surface area contributed by atoms with Crippen LogP contribution in [0.1, 0.15) is 5.56 Å². The molecule has 3 aromatic rings. The molecule has 0 fully saturated rings. The predicted octanol–water partition coefficient (Wildman–Crippen LogP) is 4.04. The zero-order valence-electron chi connectivity index (χ0n) is 10.2. The summed E-state index contributed by atoms with van der Waals surface area (Å²) in [4.78, 5) is 13.7. The summed E-state index contributed by atoms with van der Waals surface area (Å²) in [6.07, 6.45) is 0. The maximum absolute atomic E-state index is 11.1. The van der Waals surface area contributed by atoms with E-state index in [4.69, 9.17) is 27.6 Å². The van der Waals surface area contributed by atoms with E-state index in [1.54, 1.807) is 12.1 Å². The molecule has 2 aromatic carbocycles. The second kappa shape index (κ2) is 5.23. The maximum Gasteiger partial charge on any atom is 0.417 e. The number of hydrogen-bond acceptors (Lipinski definition) is 3. The molecular formula is C14H10Cl2N2O2. The fourth-order valence-corrected chi connectivity index (χ4v) is 2.55. The molecule has 0 aliphatic rings. The lowest BCUT2D eigenvalue weighted by molar-refractivity contribution is 0.555. The number of H-pyrrole nitrogens is 1. The molecule has 1 aromatic heterocycles. The summed E-state index contributed by atoms with van der Waals surface area (Å²) >= 11 is 11.9. The first-order chi connectivity index (χ1) is 9.60. The van der Waals surface area contributed by atoms with Crippen molar-refractivity contribution >= 4 is 40.0 Å². The molecule has 0 unspecified atom stereocenters. The lowest BCUT2D eigenvalue weighted by Crippen LogP contribution is -1.99. The van der Waals surface area contributed by atoms with Crippen molar-refractivity contribution < 1.29 is 4.42 Å². The van der Waals surface area contributed by atoms with Gasteiger partial charge in [0, 0.05) is 22.3 Å². The van der Waals surface area contributed by atoms with Gasteiger partial charge in [0.25, 0.3) is 0 Å². The highest BCUT2D eigenvalue weighted by Crippen LogP contribution is 2.21. The Morgan fingerprint density at radius 1 is 1.10 bits per heavy atom.